The maximum absolute atomic E-state index is 14.1. The van der Waals surface area contributed by atoms with Crippen LogP contribution < -0.4 is 8.92 Å². The number of hydrogen-bond donors (Lipinski definition) is 0. The van der Waals surface area contributed by atoms with E-state index in [2.05, 4.69) is 4.57 Å². The largest absolute Gasteiger partial charge is 0.497 e. The molecule has 0 amide bonds. The van der Waals surface area contributed by atoms with E-state index in [1.54, 1.807) is 43.5 Å². The van der Waals surface area contributed by atoms with Crippen molar-refractivity contribution in [2.45, 2.75) is 20.4 Å². The Morgan fingerprint density at radius 2 is 1.42 bits per heavy atom. The Labute approximate surface area is 249 Å². The molecule has 0 radical (unpaired) electrons. The lowest BCUT2D eigenvalue weighted by Gasteiger charge is -2.12. The molecule has 0 N–H and O–H groups in total. The molecule has 6 rings (SSSR count). The fourth-order valence-electron chi connectivity index (χ4n) is 5.76. The van der Waals surface area contributed by atoms with Crippen molar-refractivity contribution in [2.24, 2.45) is 0 Å². The molecule has 5 aromatic carbocycles. The summed E-state index contributed by atoms with van der Waals surface area (Å²) in [4.78, 5) is 27.7. The third kappa shape index (κ3) is 5.04. The van der Waals surface area contributed by atoms with Crippen LogP contribution in [0.2, 0.25) is 0 Å². The number of ketones is 2. The van der Waals surface area contributed by atoms with E-state index in [0.717, 1.165) is 39.0 Å². The van der Waals surface area contributed by atoms with Crippen LogP contribution in [-0.4, -0.2) is 37.9 Å². The summed E-state index contributed by atoms with van der Waals surface area (Å²) in [5.41, 5.74) is 4.35. The van der Waals surface area contributed by atoms with Gasteiger partial charge in [-0.2, -0.15) is 8.42 Å². The van der Waals surface area contributed by atoms with Crippen LogP contribution in [0.4, 0.5) is 0 Å². The molecule has 0 saturated carbocycles. The summed E-state index contributed by atoms with van der Waals surface area (Å²) in [6.45, 7) is 4.61. The van der Waals surface area contributed by atoms with E-state index in [0.29, 0.717) is 34.4 Å². The summed E-state index contributed by atoms with van der Waals surface area (Å²) in [6.07, 6.45) is 0.953. The van der Waals surface area contributed by atoms with E-state index >= 15 is 0 Å². The molecule has 0 atom stereocenters. The molecule has 0 aliphatic rings. The van der Waals surface area contributed by atoms with Gasteiger partial charge in [0.15, 0.2) is 17.3 Å². The zero-order valence-corrected chi connectivity index (χ0v) is 25.0. The van der Waals surface area contributed by atoms with Crippen molar-refractivity contribution < 1.29 is 26.9 Å². The highest BCUT2D eigenvalue weighted by Gasteiger charge is 2.23. The van der Waals surface area contributed by atoms with Crippen molar-refractivity contribution in [1.82, 2.24) is 4.57 Å². The summed E-state index contributed by atoms with van der Waals surface area (Å²) in [7, 11) is -2.30. The van der Waals surface area contributed by atoms with E-state index in [4.69, 9.17) is 8.92 Å². The van der Waals surface area contributed by atoms with Gasteiger partial charge >= 0.3 is 10.1 Å². The molecule has 43 heavy (non-hydrogen) atoms. The van der Waals surface area contributed by atoms with Gasteiger partial charge in [0.1, 0.15) is 5.75 Å². The van der Waals surface area contributed by atoms with Crippen LogP contribution >= 0.6 is 0 Å². The van der Waals surface area contributed by atoms with Crippen LogP contribution in [0.25, 0.3) is 32.6 Å². The van der Waals surface area contributed by atoms with Gasteiger partial charge in [-0.05, 0) is 90.8 Å². The van der Waals surface area contributed by atoms with Crippen molar-refractivity contribution in [3.8, 4) is 11.5 Å². The maximum Gasteiger partial charge on any atom is 0.306 e. The highest BCUT2D eigenvalue weighted by atomic mass is 32.2. The number of hydrogen-bond acceptors (Lipinski definition) is 6. The molecule has 6 aromatic rings. The van der Waals surface area contributed by atoms with Crippen molar-refractivity contribution in [3.05, 3.63) is 119 Å². The smallest absolute Gasteiger partial charge is 0.306 e. The Kier molecular flexibility index (Phi) is 7.02. The second-order valence-corrected chi connectivity index (χ2v) is 12.1. The molecule has 0 spiro atoms. The standard InChI is InChI=1S/C35H29NO6S/c1-5-36-30-15-10-23(34(37)26-14-13-25(41-3)18-21(26)2)19-28(30)29-20-24(11-16-31(29)36)35(38)33-27-9-7-6-8-22(27)12-17-32(33)42-43(4,39)40/h6-20H,5H2,1-4H3. The summed E-state index contributed by atoms with van der Waals surface area (Å²) in [5, 5.41) is 3.03. The van der Waals surface area contributed by atoms with Crippen LogP contribution in [0.3, 0.4) is 0 Å². The first kappa shape index (κ1) is 28.2. The molecular formula is C35H29NO6S. The molecule has 0 aliphatic carbocycles. The first-order valence-corrected chi connectivity index (χ1v) is 15.6. The van der Waals surface area contributed by atoms with E-state index < -0.39 is 10.1 Å². The minimum Gasteiger partial charge on any atom is -0.497 e. The second kappa shape index (κ2) is 10.7. The Morgan fingerprint density at radius 3 is 2.02 bits per heavy atom. The van der Waals surface area contributed by atoms with Gasteiger partial charge in [-0.25, -0.2) is 0 Å². The molecular weight excluding hydrogens is 562 g/mol. The Hall–Kier alpha value is -4.95. The predicted molar refractivity (Wildman–Crippen MR) is 169 cm³/mol. The summed E-state index contributed by atoms with van der Waals surface area (Å²) in [6, 6.07) is 27.0. The van der Waals surface area contributed by atoms with Gasteiger partial charge in [0.2, 0.25) is 0 Å². The molecule has 0 fully saturated rings. The molecule has 1 heterocycles. The summed E-state index contributed by atoms with van der Waals surface area (Å²) in [5.74, 6) is 0.190. The molecule has 0 unspecified atom stereocenters. The number of nitrogens with zero attached hydrogens (tertiary/aromatic N) is 1. The lowest BCUT2D eigenvalue weighted by molar-refractivity contribution is 0.103. The van der Waals surface area contributed by atoms with E-state index in [9.17, 15) is 18.0 Å². The number of aryl methyl sites for hydroxylation is 2. The number of carbonyl (C=O) groups is 2. The number of aromatic nitrogens is 1. The van der Waals surface area contributed by atoms with Crippen molar-refractivity contribution >= 4 is 54.3 Å². The van der Waals surface area contributed by atoms with Gasteiger partial charge in [0.25, 0.3) is 0 Å². The third-order valence-electron chi connectivity index (χ3n) is 7.74. The number of carbonyl (C=O) groups excluding carboxylic acids is 2. The normalized spacial score (nSPS) is 11.7. The topological polar surface area (TPSA) is 91.7 Å². The van der Waals surface area contributed by atoms with Crippen LogP contribution in [0.5, 0.6) is 11.5 Å². The zero-order chi connectivity index (χ0) is 30.5. The predicted octanol–water partition coefficient (Wildman–Crippen LogP) is 7.09. The lowest BCUT2D eigenvalue weighted by atomic mass is 9.95. The summed E-state index contributed by atoms with van der Waals surface area (Å²) >= 11 is 0. The van der Waals surface area contributed by atoms with Gasteiger partial charge in [0.05, 0.1) is 18.9 Å². The molecule has 0 bridgehead atoms. The number of benzene rings is 5. The minimum atomic E-state index is -3.89. The van der Waals surface area contributed by atoms with Crippen LogP contribution in [-0.2, 0) is 16.7 Å². The first-order valence-electron chi connectivity index (χ1n) is 13.8. The zero-order valence-electron chi connectivity index (χ0n) is 24.2. The Balaban J connectivity index is 1.52. The second-order valence-electron chi connectivity index (χ2n) is 10.5. The van der Waals surface area contributed by atoms with Crippen LogP contribution in [0, 0.1) is 6.92 Å². The van der Waals surface area contributed by atoms with Crippen LogP contribution in [0.1, 0.15) is 44.3 Å². The van der Waals surface area contributed by atoms with Gasteiger partial charge in [-0.3, -0.25) is 9.59 Å². The van der Waals surface area contributed by atoms with Gasteiger partial charge in [0, 0.05) is 45.0 Å². The number of ether oxygens (including phenoxy) is 1. The van der Waals surface area contributed by atoms with Gasteiger partial charge < -0.3 is 13.5 Å². The van der Waals surface area contributed by atoms with Crippen LogP contribution in [0.15, 0.2) is 91.0 Å². The molecule has 8 heteroatoms. The van der Waals surface area contributed by atoms with E-state index in [1.807, 2.05) is 62.4 Å². The fourth-order valence-corrected chi connectivity index (χ4v) is 6.23. The van der Waals surface area contributed by atoms with Crippen molar-refractivity contribution in [1.29, 1.82) is 0 Å². The molecule has 0 saturated heterocycles. The maximum atomic E-state index is 14.1. The molecule has 1 aromatic heterocycles. The number of rotatable bonds is 8. The van der Waals surface area contributed by atoms with Crippen molar-refractivity contribution in [3.63, 3.8) is 0 Å². The summed E-state index contributed by atoms with van der Waals surface area (Å²) < 4.78 is 36.9. The average Bonchev–Trinajstić information content (AvgIpc) is 3.31. The minimum absolute atomic E-state index is 0.0231. The molecule has 7 nitrogen and oxygen atoms in total. The SMILES string of the molecule is CCn1c2ccc(C(=O)c3ccc(OC)cc3C)cc2c2cc(C(=O)c3c(OS(C)(=O)=O)ccc4ccccc34)ccc21. The molecule has 0 aliphatic heterocycles. The lowest BCUT2D eigenvalue weighted by Crippen LogP contribution is -2.11. The Morgan fingerprint density at radius 1 is 0.767 bits per heavy atom. The number of methoxy groups -OCH3 is 1. The van der Waals surface area contributed by atoms with E-state index in [-0.39, 0.29) is 22.9 Å². The average molecular weight is 592 g/mol. The monoisotopic (exact) mass is 591 g/mol. The van der Waals surface area contributed by atoms with Gasteiger partial charge in [-0.15, -0.1) is 0 Å². The first-order chi connectivity index (χ1) is 20.6. The Bertz CT molecular complexity index is 2210. The molecule has 216 valence electrons. The highest BCUT2D eigenvalue weighted by Crippen LogP contribution is 2.35. The van der Waals surface area contributed by atoms with Crippen molar-refractivity contribution in [2.75, 3.05) is 13.4 Å². The van der Waals surface area contributed by atoms with Gasteiger partial charge in [-0.1, -0.05) is 30.3 Å². The fraction of sp³-hybridized carbons (Fsp3) is 0.143. The van der Waals surface area contributed by atoms with E-state index in [1.165, 1.54) is 6.07 Å². The highest BCUT2D eigenvalue weighted by molar-refractivity contribution is 7.86. The third-order valence-corrected chi connectivity index (χ3v) is 8.22. The quantitative estimate of drug-likeness (QED) is 0.139. The number of fused-ring (bicyclic) bond motifs is 4.